The van der Waals surface area contributed by atoms with E-state index in [2.05, 4.69) is 4.98 Å². The van der Waals surface area contributed by atoms with Gasteiger partial charge in [-0.1, -0.05) is 18.2 Å². The van der Waals surface area contributed by atoms with Crippen LogP contribution >= 0.6 is 0 Å². The Labute approximate surface area is 117 Å². The number of aromatic nitrogens is 1. The van der Waals surface area contributed by atoms with Crippen molar-refractivity contribution in [1.82, 2.24) is 4.98 Å². The Morgan fingerprint density at radius 2 is 2.20 bits per heavy atom. The summed E-state index contributed by atoms with van der Waals surface area (Å²) >= 11 is 0. The van der Waals surface area contributed by atoms with Crippen molar-refractivity contribution < 1.29 is 14.6 Å². The van der Waals surface area contributed by atoms with Crippen LogP contribution in [0.15, 0.2) is 36.7 Å². The molecule has 0 spiro atoms. The summed E-state index contributed by atoms with van der Waals surface area (Å²) in [6.07, 6.45) is 4.09. The summed E-state index contributed by atoms with van der Waals surface area (Å²) in [5.41, 5.74) is 4.08. The number of carboxylic acid groups (broad SMARTS) is 1. The van der Waals surface area contributed by atoms with Crippen molar-refractivity contribution in [2.75, 3.05) is 6.61 Å². The zero-order valence-corrected chi connectivity index (χ0v) is 11.2. The molecular formula is C16H15NO3. The van der Waals surface area contributed by atoms with Crippen LogP contribution in [0.4, 0.5) is 0 Å². The first-order chi connectivity index (χ1) is 9.66. The number of hydrogen-bond acceptors (Lipinski definition) is 3. The Kier molecular flexibility index (Phi) is 3.14. The third-order valence-corrected chi connectivity index (χ3v) is 3.67. The number of pyridine rings is 1. The van der Waals surface area contributed by atoms with Gasteiger partial charge < -0.3 is 9.84 Å². The van der Waals surface area contributed by atoms with E-state index in [1.165, 1.54) is 0 Å². The van der Waals surface area contributed by atoms with E-state index < -0.39 is 11.9 Å². The van der Waals surface area contributed by atoms with E-state index in [0.29, 0.717) is 6.42 Å². The zero-order chi connectivity index (χ0) is 14.1. The van der Waals surface area contributed by atoms with Crippen molar-refractivity contribution in [2.45, 2.75) is 13.3 Å². The van der Waals surface area contributed by atoms with Gasteiger partial charge in [-0.25, -0.2) is 0 Å². The Hall–Kier alpha value is -2.36. The van der Waals surface area contributed by atoms with Gasteiger partial charge in [0.2, 0.25) is 0 Å². The highest BCUT2D eigenvalue weighted by atomic mass is 16.5. The quantitative estimate of drug-likeness (QED) is 0.910. The van der Waals surface area contributed by atoms with Crippen LogP contribution in [0.2, 0.25) is 0 Å². The molecule has 1 aromatic carbocycles. The summed E-state index contributed by atoms with van der Waals surface area (Å²) in [6.45, 7) is 2.25. The van der Waals surface area contributed by atoms with Crippen LogP contribution in [0.25, 0.3) is 11.1 Å². The number of aryl methyl sites for hydroxylation is 1. The molecule has 0 saturated carbocycles. The predicted molar refractivity (Wildman–Crippen MR) is 74.7 cm³/mol. The third kappa shape index (κ3) is 2.13. The number of fused-ring (bicyclic) bond motifs is 1. The van der Waals surface area contributed by atoms with Crippen LogP contribution < -0.4 is 4.74 Å². The first-order valence-electron chi connectivity index (χ1n) is 6.55. The molecule has 1 aliphatic rings. The minimum Gasteiger partial charge on any atom is -0.492 e. The molecule has 0 radical (unpaired) electrons. The van der Waals surface area contributed by atoms with E-state index in [0.717, 1.165) is 28.0 Å². The Balaban J connectivity index is 2.06. The SMILES string of the molecule is Cc1ccncc1-c1cccc2c1OCC(C(=O)O)C2. The van der Waals surface area contributed by atoms with Gasteiger partial charge in [0.25, 0.3) is 0 Å². The van der Waals surface area contributed by atoms with Crippen LogP contribution in [0, 0.1) is 12.8 Å². The molecule has 1 aromatic heterocycles. The summed E-state index contributed by atoms with van der Waals surface area (Å²) in [6, 6.07) is 7.81. The summed E-state index contributed by atoms with van der Waals surface area (Å²) in [5, 5.41) is 9.10. The van der Waals surface area contributed by atoms with E-state index in [4.69, 9.17) is 9.84 Å². The second kappa shape index (κ2) is 4.96. The molecular weight excluding hydrogens is 254 g/mol. The number of nitrogens with zero attached hydrogens (tertiary/aromatic N) is 1. The van der Waals surface area contributed by atoms with Gasteiger partial charge in [0.1, 0.15) is 12.4 Å². The molecule has 1 unspecified atom stereocenters. The Morgan fingerprint density at radius 1 is 1.35 bits per heavy atom. The predicted octanol–water partition coefficient (Wildman–Crippen LogP) is 2.69. The molecule has 0 saturated heterocycles. The molecule has 0 fully saturated rings. The number of carboxylic acids is 1. The topological polar surface area (TPSA) is 59.4 Å². The molecule has 3 rings (SSSR count). The van der Waals surface area contributed by atoms with Gasteiger partial charge >= 0.3 is 5.97 Å². The third-order valence-electron chi connectivity index (χ3n) is 3.67. The average molecular weight is 269 g/mol. The minimum atomic E-state index is -0.807. The molecule has 2 aromatic rings. The van der Waals surface area contributed by atoms with E-state index in [9.17, 15) is 4.79 Å². The van der Waals surface area contributed by atoms with E-state index in [1.807, 2.05) is 37.4 Å². The van der Waals surface area contributed by atoms with Crippen LogP contribution in [-0.2, 0) is 11.2 Å². The van der Waals surface area contributed by atoms with Crippen LogP contribution in [0.1, 0.15) is 11.1 Å². The fourth-order valence-electron chi connectivity index (χ4n) is 2.54. The Bertz CT molecular complexity index is 667. The van der Waals surface area contributed by atoms with E-state index in [-0.39, 0.29) is 6.61 Å². The minimum absolute atomic E-state index is 0.221. The second-order valence-corrected chi connectivity index (χ2v) is 5.03. The number of rotatable bonds is 2. The maximum Gasteiger partial charge on any atom is 0.310 e. The van der Waals surface area contributed by atoms with E-state index in [1.54, 1.807) is 6.20 Å². The number of carbonyl (C=O) groups is 1. The first-order valence-corrected chi connectivity index (χ1v) is 6.55. The van der Waals surface area contributed by atoms with Crippen molar-refractivity contribution >= 4 is 5.97 Å². The molecule has 2 heterocycles. The smallest absolute Gasteiger partial charge is 0.310 e. The number of para-hydroxylation sites is 1. The largest absolute Gasteiger partial charge is 0.492 e. The molecule has 1 N–H and O–H groups in total. The average Bonchev–Trinajstić information content (AvgIpc) is 2.46. The molecule has 4 nitrogen and oxygen atoms in total. The Morgan fingerprint density at radius 3 is 2.95 bits per heavy atom. The lowest BCUT2D eigenvalue weighted by atomic mass is 9.92. The van der Waals surface area contributed by atoms with Gasteiger partial charge in [-0.2, -0.15) is 0 Å². The lowest BCUT2D eigenvalue weighted by Crippen LogP contribution is -2.28. The maximum atomic E-state index is 11.1. The molecule has 20 heavy (non-hydrogen) atoms. The summed E-state index contributed by atoms with van der Waals surface area (Å²) in [4.78, 5) is 15.2. The fourth-order valence-corrected chi connectivity index (χ4v) is 2.54. The highest BCUT2D eigenvalue weighted by molar-refractivity contribution is 5.76. The van der Waals surface area contributed by atoms with Crippen molar-refractivity contribution in [2.24, 2.45) is 5.92 Å². The number of benzene rings is 1. The molecule has 0 bridgehead atoms. The zero-order valence-electron chi connectivity index (χ0n) is 11.2. The van der Waals surface area contributed by atoms with Crippen LogP contribution in [0.3, 0.4) is 0 Å². The van der Waals surface area contributed by atoms with Crippen LogP contribution in [-0.4, -0.2) is 22.7 Å². The molecule has 1 aliphatic heterocycles. The molecule has 0 aliphatic carbocycles. The highest BCUT2D eigenvalue weighted by Crippen LogP contribution is 2.38. The standard InChI is InChI=1S/C16H15NO3/c1-10-5-6-17-8-14(10)13-4-2-3-11-7-12(16(18)19)9-20-15(11)13/h2-6,8,12H,7,9H2,1H3,(H,18,19). The molecule has 0 amide bonds. The lowest BCUT2D eigenvalue weighted by Gasteiger charge is -2.25. The van der Waals surface area contributed by atoms with Crippen LogP contribution in [0.5, 0.6) is 5.75 Å². The lowest BCUT2D eigenvalue weighted by molar-refractivity contribution is -0.143. The van der Waals surface area contributed by atoms with Crippen molar-refractivity contribution in [3.8, 4) is 16.9 Å². The van der Waals surface area contributed by atoms with Crippen molar-refractivity contribution in [1.29, 1.82) is 0 Å². The monoisotopic (exact) mass is 269 g/mol. The van der Waals surface area contributed by atoms with Gasteiger partial charge in [0.15, 0.2) is 0 Å². The molecule has 102 valence electrons. The fraction of sp³-hybridized carbons (Fsp3) is 0.250. The summed E-state index contributed by atoms with van der Waals surface area (Å²) in [7, 11) is 0. The van der Waals surface area contributed by atoms with Gasteiger partial charge in [-0.05, 0) is 30.5 Å². The van der Waals surface area contributed by atoms with Crippen molar-refractivity contribution in [3.63, 3.8) is 0 Å². The number of aliphatic carboxylic acids is 1. The summed E-state index contributed by atoms with van der Waals surface area (Å²) in [5.74, 6) is -0.479. The molecule has 4 heteroatoms. The van der Waals surface area contributed by atoms with Gasteiger partial charge in [0.05, 0.1) is 5.92 Å². The van der Waals surface area contributed by atoms with Crippen molar-refractivity contribution in [3.05, 3.63) is 47.8 Å². The van der Waals surface area contributed by atoms with Gasteiger partial charge in [0, 0.05) is 23.5 Å². The first kappa shape index (κ1) is 12.7. The maximum absolute atomic E-state index is 11.1. The van der Waals surface area contributed by atoms with Gasteiger partial charge in [-0.3, -0.25) is 9.78 Å². The normalized spacial score (nSPS) is 17.1. The highest BCUT2D eigenvalue weighted by Gasteiger charge is 2.27. The second-order valence-electron chi connectivity index (χ2n) is 5.03. The summed E-state index contributed by atoms with van der Waals surface area (Å²) < 4.78 is 5.73. The van der Waals surface area contributed by atoms with E-state index >= 15 is 0 Å². The number of ether oxygens (including phenoxy) is 1. The number of hydrogen-bond donors (Lipinski definition) is 1. The van der Waals surface area contributed by atoms with Gasteiger partial charge in [-0.15, -0.1) is 0 Å². The molecule has 1 atom stereocenters.